The van der Waals surface area contributed by atoms with Crippen molar-refractivity contribution in [1.82, 2.24) is 4.90 Å². The lowest BCUT2D eigenvalue weighted by atomic mass is 9.77. The number of allylic oxidation sites excluding steroid dienone is 1. The van der Waals surface area contributed by atoms with Crippen molar-refractivity contribution in [3.63, 3.8) is 0 Å². The van der Waals surface area contributed by atoms with Crippen LogP contribution < -0.4 is 0 Å². The van der Waals surface area contributed by atoms with E-state index in [0.29, 0.717) is 12.0 Å². The molecule has 1 aromatic rings. The molecule has 3 rings (SSSR count). The highest BCUT2D eigenvalue weighted by atomic mass is 16.7. The minimum atomic E-state index is -1.84. The van der Waals surface area contributed by atoms with Crippen LogP contribution >= 0.6 is 0 Å². The van der Waals surface area contributed by atoms with Gasteiger partial charge in [-0.25, -0.2) is 4.79 Å². The molecule has 0 bridgehead atoms. The van der Waals surface area contributed by atoms with E-state index in [1.807, 2.05) is 25.9 Å². The molecule has 272 valence electrons. The summed E-state index contributed by atoms with van der Waals surface area (Å²) >= 11 is 0. The molecular weight excluding hydrogens is 630 g/mol. The molecule has 11 nitrogen and oxygen atoms in total. The summed E-state index contributed by atoms with van der Waals surface area (Å²) in [6.07, 6.45) is -1.12. The van der Waals surface area contributed by atoms with Crippen molar-refractivity contribution in [2.45, 2.75) is 116 Å². The fourth-order valence-corrected chi connectivity index (χ4v) is 6.98. The number of Topliss-reactive ketones (excluding diaryl/α,β-unsaturated/α-hetero) is 2. The Bertz CT molecular complexity index is 1380. The van der Waals surface area contributed by atoms with E-state index in [0.717, 1.165) is 0 Å². The van der Waals surface area contributed by atoms with Gasteiger partial charge in [0.25, 0.3) is 0 Å². The van der Waals surface area contributed by atoms with Crippen molar-refractivity contribution in [3.8, 4) is 0 Å². The smallest absolute Gasteiger partial charge is 0.338 e. The number of nitrogens with zero attached hydrogens (tertiary/aromatic N) is 1. The monoisotopic (exact) mass is 685 g/mol. The topological polar surface area (TPSA) is 138 Å². The van der Waals surface area contributed by atoms with E-state index >= 15 is 0 Å². The third-order valence-corrected chi connectivity index (χ3v) is 10.0. The van der Waals surface area contributed by atoms with Crippen molar-refractivity contribution in [3.05, 3.63) is 60.2 Å². The maximum atomic E-state index is 14.2. The standard InChI is InChI=1S/C38H55NO10/c1-12-29-38(44,13-2)21-23(4)30(40)22(3)20-37(8,45-11)33(25(6)31(41)26(7)34(42)47-29)49-36-32(28(39(9)10)19-24(5)46-36)48-35(43)27-17-15-14-16-18-27/h13-18,21-22,24-26,28-29,32-33,36,44H,2,12,19-20H2,1,3-11H3/t22-,24-,25+,26-,28+,29-,32-,33-,36?,37+,38+/m1/s1. The number of carbonyl (C=O) groups excluding carboxylic acids is 4. The van der Waals surface area contributed by atoms with Crippen LogP contribution in [0.3, 0.4) is 0 Å². The zero-order valence-corrected chi connectivity index (χ0v) is 30.6. The second kappa shape index (κ2) is 16.7. The van der Waals surface area contributed by atoms with Gasteiger partial charge in [-0.15, -0.1) is 0 Å². The van der Waals surface area contributed by atoms with Crippen molar-refractivity contribution >= 4 is 23.5 Å². The molecule has 0 aromatic heterocycles. The van der Waals surface area contributed by atoms with Gasteiger partial charge in [-0.3, -0.25) is 14.4 Å². The molecule has 0 radical (unpaired) electrons. The quantitative estimate of drug-likeness (QED) is 0.232. The van der Waals surface area contributed by atoms with Gasteiger partial charge < -0.3 is 33.7 Å². The number of ketones is 2. The Labute approximate surface area is 290 Å². The summed E-state index contributed by atoms with van der Waals surface area (Å²) in [4.78, 5) is 56.7. The predicted molar refractivity (Wildman–Crippen MR) is 184 cm³/mol. The highest BCUT2D eigenvalue weighted by Gasteiger charge is 2.51. The summed E-state index contributed by atoms with van der Waals surface area (Å²) in [6.45, 7) is 15.5. The maximum Gasteiger partial charge on any atom is 0.338 e. The average molecular weight is 686 g/mol. The number of likely N-dealkylation sites (N-methyl/N-ethyl adjacent to an activating group) is 1. The first-order valence-corrected chi connectivity index (χ1v) is 17.0. The number of aliphatic hydroxyl groups is 1. The van der Waals surface area contributed by atoms with Gasteiger partial charge in [-0.1, -0.05) is 51.6 Å². The fourth-order valence-electron chi connectivity index (χ4n) is 6.98. The number of cyclic esters (lactones) is 1. The van der Waals surface area contributed by atoms with Crippen LogP contribution in [-0.2, 0) is 38.1 Å². The Morgan fingerprint density at radius 1 is 1.12 bits per heavy atom. The zero-order valence-electron chi connectivity index (χ0n) is 30.6. The lowest BCUT2D eigenvalue weighted by Gasteiger charge is -2.47. The third kappa shape index (κ3) is 9.12. The van der Waals surface area contributed by atoms with Gasteiger partial charge in [-0.2, -0.15) is 0 Å². The number of ether oxygens (including phenoxy) is 5. The number of rotatable bonds is 8. The molecule has 0 aliphatic carbocycles. The molecule has 0 spiro atoms. The number of hydrogen-bond acceptors (Lipinski definition) is 11. The molecule has 2 aliphatic rings. The Balaban J connectivity index is 2.14. The molecule has 1 unspecified atom stereocenters. The molecule has 1 aromatic carbocycles. The highest BCUT2D eigenvalue weighted by molar-refractivity contribution is 6.00. The molecule has 1 saturated heterocycles. The van der Waals surface area contributed by atoms with Crippen molar-refractivity contribution in [2.24, 2.45) is 17.8 Å². The number of carbonyl (C=O) groups is 4. The summed E-state index contributed by atoms with van der Waals surface area (Å²) in [6, 6.07) is 8.29. The second-order valence-corrected chi connectivity index (χ2v) is 14.0. The van der Waals surface area contributed by atoms with E-state index in [4.69, 9.17) is 23.7 Å². The van der Waals surface area contributed by atoms with Crippen LogP contribution in [0.1, 0.15) is 78.1 Å². The fraction of sp³-hybridized carbons (Fsp3) is 0.632. The number of benzene rings is 1. The molecule has 11 heteroatoms. The van der Waals surface area contributed by atoms with Crippen LogP contribution in [0.25, 0.3) is 0 Å². The SMILES string of the molecule is C=C[C@]1(O)C=C(C)C(=O)[C@H](C)C[C@](C)(OC)[C@H](OC2O[C@H](C)C[C@H](N(C)C)[C@H]2OC(=O)c2ccccc2)[C@@H](C)C(=O)[C@@H](C)C(=O)O[C@@H]1CC. The van der Waals surface area contributed by atoms with Gasteiger partial charge in [0.1, 0.15) is 17.6 Å². The normalized spacial score (nSPS) is 36.8. The van der Waals surface area contributed by atoms with E-state index in [9.17, 15) is 24.3 Å². The van der Waals surface area contributed by atoms with E-state index in [1.54, 1.807) is 65.0 Å². The Kier molecular flexibility index (Phi) is 13.7. The van der Waals surface area contributed by atoms with Crippen LogP contribution in [0.5, 0.6) is 0 Å². The average Bonchev–Trinajstić information content (AvgIpc) is 3.08. The number of esters is 2. The summed E-state index contributed by atoms with van der Waals surface area (Å²) in [5.74, 6) is -5.06. The van der Waals surface area contributed by atoms with E-state index < -0.39 is 71.3 Å². The molecular formula is C38H55NO10. The Morgan fingerprint density at radius 2 is 1.76 bits per heavy atom. The lowest BCUT2D eigenvalue weighted by molar-refractivity contribution is -0.294. The molecule has 2 heterocycles. The number of hydrogen-bond donors (Lipinski definition) is 1. The van der Waals surface area contributed by atoms with Crippen LogP contribution in [0, 0.1) is 17.8 Å². The molecule has 0 amide bonds. The minimum Gasteiger partial charge on any atom is -0.458 e. The van der Waals surface area contributed by atoms with Crippen molar-refractivity contribution < 1.29 is 48.0 Å². The second-order valence-electron chi connectivity index (χ2n) is 14.0. The molecule has 0 saturated carbocycles. The Hall–Kier alpha value is -3.22. The van der Waals surface area contributed by atoms with Gasteiger partial charge in [-0.05, 0) is 84.8 Å². The van der Waals surface area contributed by atoms with Gasteiger partial charge in [0.15, 0.2) is 24.0 Å². The van der Waals surface area contributed by atoms with Gasteiger partial charge >= 0.3 is 11.9 Å². The van der Waals surface area contributed by atoms with Gasteiger partial charge in [0.2, 0.25) is 0 Å². The summed E-state index contributed by atoms with van der Waals surface area (Å²) in [7, 11) is 5.23. The summed E-state index contributed by atoms with van der Waals surface area (Å²) < 4.78 is 31.0. The van der Waals surface area contributed by atoms with Crippen LogP contribution in [0.15, 0.2) is 54.6 Å². The molecule has 2 aliphatic heterocycles. The Morgan fingerprint density at radius 3 is 2.31 bits per heavy atom. The molecule has 49 heavy (non-hydrogen) atoms. The highest BCUT2D eigenvalue weighted by Crippen LogP contribution is 2.38. The summed E-state index contributed by atoms with van der Waals surface area (Å²) in [5.41, 5.74) is -2.52. The van der Waals surface area contributed by atoms with Crippen LogP contribution in [0.2, 0.25) is 0 Å². The molecule has 1 fully saturated rings. The van der Waals surface area contributed by atoms with E-state index in [-0.39, 0.29) is 36.3 Å². The van der Waals surface area contributed by atoms with Crippen LogP contribution in [0.4, 0.5) is 0 Å². The number of methoxy groups -OCH3 is 1. The van der Waals surface area contributed by atoms with Crippen molar-refractivity contribution in [2.75, 3.05) is 21.2 Å². The van der Waals surface area contributed by atoms with Crippen molar-refractivity contribution in [1.29, 1.82) is 0 Å². The first-order valence-electron chi connectivity index (χ1n) is 17.0. The van der Waals surface area contributed by atoms with Gasteiger partial charge in [0, 0.05) is 18.9 Å². The third-order valence-electron chi connectivity index (χ3n) is 10.0. The first-order chi connectivity index (χ1) is 22.9. The first kappa shape index (κ1) is 40.2. The van der Waals surface area contributed by atoms with Crippen LogP contribution in [-0.4, -0.2) is 103 Å². The zero-order chi connectivity index (χ0) is 36.8. The maximum absolute atomic E-state index is 14.2. The molecule has 11 atom stereocenters. The molecule has 1 N–H and O–H groups in total. The largest absolute Gasteiger partial charge is 0.458 e. The van der Waals surface area contributed by atoms with E-state index in [2.05, 4.69) is 6.58 Å². The minimum absolute atomic E-state index is 0.103. The lowest BCUT2D eigenvalue weighted by Crippen LogP contribution is -2.60. The van der Waals surface area contributed by atoms with Gasteiger partial charge in [0.05, 0.1) is 29.4 Å². The predicted octanol–water partition coefficient (Wildman–Crippen LogP) is 4.70. The van der Waals surface area contributed by atoms with E-state index in [1.165, 1.54) is 26.2 Å². The summed E-state index contributed by atoms with van der Waals surface area (Å²) in [5, 5.41) is 11.5.